The molecule has 1 aromatic carbocycles. The molecule has 1 N–H and O–H groups in total. The van der Waals surface area contributed by atoms with E-state index in [-0.39, 0.29) is 11.2 Å². The van der Waals surface area contributed by atoms with E-state index in [2.05, 4.69) is 26.1 Å². The first kappa shape index (κ1) is 12.2. The summed E-state index contributed by atoms with van der Waals surface area (Å²) in [6.45, 7) is 10.2. The standard InChI is InChI=1S/C13H20FN/c1-10-5-6-12(14)7-11(10)8-15-9-13(2,3)4/h5-7,15H,8-9H2,1-4H3. The lowest BCUT2D eigenvalue weighted by Crippen LogP contribution is -2.26. The van der Waals surface area contributed by atoms with Crippen LogP contribution in [0.4, 0.5) is 4.39 Å². The third-order valence-corrected chi connectivity index (χ3v) is 2.28. The molecule has 0 heterocycles. The zero-order valence-corrected chi connectivity index (χ0v) is 10.0. The summed E-state index contributed by atoms with van der Waals surface area (Å²) in [6, 6.07) is 4.93. The number of hydrogen-bond acceptors (Lipinski definition) is 1. The summed E-state index contributed by atoms with van der Waals surface area (Å²) in [6.07, 6.45) is 0. The average Bonchev–Trinajstić information content (AvgIpc) is 2.09. The molecule has 0 aliphatic rings. The highest BCUT2D eigenvalue weighted by Crippen LogP contribution is 2.13. The number of aryl methyl sites for hydroxylation is 1. The van der Waals surface area contributed by atoms with Crippen LogP contribution in [0.25, 0.3) is 0 Å². The van der Waals surface area contributed by atoms with Crippen LogP contribution in [0.15, 0.2) is 18.2 Å². The molecule has 1 rings (SSSR count). The Morgan fingerprint density at radius 1 is 1.27 bits per heavy atom. The first-order chi connectivity index (χ1) is 6.88. The molecule has 0 spiro atoms. The molecule has 0 saturated carbocycles. The first-order valence-electron chi connectivity index (χ1n) is 5.34. The van der Waals surface area contributed by atoms with Crippen LogP contribution in [-0.4, -0.2) is 6.54 Å². The van der Waals surface area contributed by atoms with Gasteiger partial charge in [-0.05, 0) is 35.6 Å². The summed E-state index contributed by atoms with van der Waals surface area (Å²) in [7, 11) is 0. The minimum absolute atomic E-state index is 0.159. The van der Waals surface area contributed by atoms with Gasteiger partial charge in [-0.25, -0.2) is 4.39 Å². The fourth-order valence-electron chi connectivity index (χ4n) is 1.40. The molecule has 15 heavy (non-hydrogen) atoms. The van der Waals surface area contributed by atoms with Crippen LogP contribution >= 0.6 is 0 Å². The van der Waals surface area contributed by atoms with Crippen molar-refractivity contribution < 1.29 is 4.39 Å². The van der Waals surface area contributed by atoms with Gasteiger partial charge >= 0.3 is 0 Å². The molecule has 84 valence electrons. The fourth-order valence-corrected chi connectivity index (χ4v) is 1.40. The van der Waals surface area contributed by atoms with E-state index >= 15 is 0 Å². The van der Waals surface area contributed by atoms with Gasteiger partial charge in [0.2, 0.25) is 0 Å². The van der Waals surface area contributed by atoms with Crippen molar-refractivity contribution in [1.29, 1.82) is 0 Å². The fraction of sp³-hybridized carbons (Fsp3) is 0.538. The van der Waals surface area contributed by atoms with E-state index in [0.717, 1.165) is 24.2 Å². The van der Waals surface area contributed by atoms with Gasteiger partial charge in [0.15, 0.2) is 0 Å². The van der Waals surface area contributed by atoms with Gasteiger partial charge in [0.1, 0.15) is 5.82 Å². The van der Waals surface area contributed by atoms with Crippen molar-refractivity contribution in [3.8, 4) is 0 Å². The largest absolute Gasteiger partial charge is 0.312 e. The van der Waals surface area contributed by atoms with Crippen molar-refractivity contribution in [2.45, 2.75) is 34.2 Å². The van der Waals surface area contributed by atoms with E-state index < -0.39 is 0 Å². The second-order valence-corrected chi connectivity index (χ2v) is 5.24. The monoisotopic (exact) mass is 209 g/mol. The Kier molecular flexibility index (Phi) is 3.86. The van der Waals surface area contributed by atoms with E-state index in [4.69, 9.17) is 0 Å². The molecule has 0 unspecified atom stereocenters. The first-order valence-corrected chi connectivity index (χ1v) is 5.34. The second-order valence-electron chi connectivity index (χ2n) is 5.24. The molecule has 0 aliphatic carbocycles. The van der Waals surface area contributed by atoms with Gasteiger partial charge in [-0.2, -0.15) is 0 Å². The Hall–Kier alpha value is -0.890. The lowest BCUT2D eigenvalue weighted by Gasteiger charge is -2.19. The molecule has 0 aliphatic heterocycles. The van der Waals surface area contributed by atoms with Gasteiger partial charge in [-0.1, -0.05) is 26.8 Å². The van der Waals surface area contributed by atoms with Crippen LogP contribution in [0.3, 0.4) is 0 Å². The van der Waals surface area contributed by atoms with Gasteiger partial charge in [-0.3, -0.25) is 0 Å². The predicted octanol–water partition coefficient (Wildman–Crippen LogP) is 3.27. The lowest BCUT2D eigenvalue weighted by atomic mass is 9.97. The van der Waals surface area contributed by atoms with Crippen LogP contribution in [0.1, 0.15) is 31.9 Å². The maximum Gasteiger partial charge on any atom is 0.123 e. The van der Waals surface area contributed by atoms with Crippen molar-refractivity contribution in [2.75, 3.05) is 6.54 Å². The third-order valence-electron chi connectivity index (χ3n) is 2.28. The molecule has 0 bridgehead atoms. The number of rotatable bonds is 3. The number of nitrogens with one attached hydrogen (secondary N) is 1. The summed E-state index contributed by atoms with van der Waals surface area (Å²) >= 11 is 0. The van der Waals surface area contributed by atoms with Gasteiger partial charge < -0.3 is 5.32 Å². The highest BCUT2D eigenvalue weighted by Gasteiger charge is 2.09. The Morgan fingerprint density at radius 2 is 1.93 bits per heavy atom. The van der Waals surface area contributed by atoms with Crippen LogP contribution in [-0.2, 0) is 6.54 Å². The number of hydrogen-bond donors (Lipinski definition) is 1. The van der Waals surface area contributed by atoms with E-state index in [1.165, 1.54) is 6.07 Å². The predicted molar refractivity (Wildman–Crippen MR) is 62.3 cm³/mol. The van der Waals surface area contributed by atoms with Crippen molar-refractivity contribution in [1.82, 2.24) is 5.32 Å². The van der Waals surface area contributed by atoms with E-state index in [1.807, 2.05) is 13.0 Å². The Balaban J connectivity index is 2.54. The molecule has 0 aromatic heterocycles. The van der Waals surface area contributed by atoms with Crippen LogP contribution in [0, 0.1) is 18.2 Å². The summed E-state index contributed by atoms with van der Waals surface area (Å²) in [4.78, 5) is 0. The topological polar surface area (TPSA) is 12.0 Å². The average molecular weight is 209 g/mol. The summed E-state index contributed by atoms with van der Waals surface area (Å²) < 4.78 is 13.0. The molecular weight excluding hydrogens is 189 g/mol. The van der Waals surface area contributed by atoms with Crippen molar-refractivity contribution in [3.63, 3.8) is 0 Å². The quantitative estimate of drug-likeness (QED) is 0.805. The van der Waals surface area contributed by atoms with Crippen molar-refractivity contribution in [3.05, 3.63) is 35.1 Å². The van der Waals surface area contributed by atoms with Gasteiger partial charge in [0.05, 0.1) is 0 Å². The number of benzene rings is 1. The molecule has 0 radical (unpaired) electrons. The second kappa shape index (κ2) is 4.75. The van der Waals surface area contributed by atoms with Gasteiger partial charge in [0.25, 0.3) is 0 Å². The van der Waals surface area contributed by atoms with Crippen LogP contribution in [0.5, 0.6) is 0 Å². The zero-order chi connectivity index (χ0) is 11.5. The van der Waals surface area contributed by atoms with Crippen molar-refractivity contribution in [2.24, 2.45) is 5.41 Å². The molecule has 0 fully saturated rings. The maximum atomic E-state index is 13.0. The molecular formula is C13H20FN. The molecule has 0 amide bonds. The highest BCUT2D eigenvalue weighted by molar-refractivity contribution is 5.26. The van der Waals surface area contributed by atoms with E-state index in [1.54, 1.807) is 6.07 Å². The summed E-state index contributed by atoms with van der Waals surface area (Å²) in [5.41, 5.74) is 2.44. The van der Waals surface area contributed by atoms with Crippen LogP contribution < -0.4 is 5.32 Å². The van der Waals surface area contributed by atoms with Gasteiger partial charge in [-0.15, -0.1) is 0 Å². The summed E-state index contributed by atoms with van der Waals surface area (Å²) in [5.74, 6) is -0.159. The minimum Gasteiger partial charge on any atom is -0.312 e. The number of halogens is 1. The normalized spacial score (nSPS) is 11.8. The lowest BCUT2D eigenvalue weighted by molar-refractivity contribution is 0.379. The molecule has 0 saturated heterocycles. The van der Waals surface area contributed by atoms with Crippen molar-refractivity contribution >= 4 is 0 Å². The van der Waals surface area contributed by atoms with E-state index in [9.17, 15) is 4.39 Å². The summed E-state index contributed by atoms with van der Waals surface area (Å²) in [5, 5.41) is 3.34. The Morgan fingerprint density at radius 3 is 2.53 bits per heavy atom. The molecule has 1 aromatic rings. The maximum absolute atomic E-state index is 13.0. The van der Waals surface area contributed by atoms with Crippen LogP contribution in [0.2, 0.25) is 0 Å². The molecule has 1 nitrogen and oxygen atoms in total. The third kappa shape index (κ3) is 4.43. The minimum atomic E-state index is -0.159. The highest BCUT2D eigenvalue weighted by atomic mass is 19.1. The Labute approximate surface area is 91.7 Å². The Bertz CT molecular complexity index is 326. The zero-order valence-electron chi connectivity index (χ0n) is 10.0. The van der Waals surface area contributed by atoms with Gasteiger partial charge in [0, 0.05) is 13.1 Å². The molecule has 0 atom stereocenters. The smallest absolute Gasteiger partial charge is 0.123 e. The molecule has 2 heteroatoms. The SMILES string of the molecule is Cc1ccc(F)cc1CNCC(C)(C)C. The van der Waals surface area contributed by atoms with E-state index in [0.29, 0.717) is 0 Å².